The van der Waals surface area contributed by atoms with Crippen molar-refractivity contribution in [1.29, 1.82) is 0 Å². The number of rotatable bonds is 4. The quantitative estimate of drug-likeness (QED) is 0.741. The third-order valence-corrected chi connectivity index (χ3v) is 3.81. The van der Waals surface area contributed by atoms with Gasteiger partial charge in [0.1, 0.15) is 0 Å². The summed E-state index contributed by atoms with van der Waals surface area (Å²) >= 11 is 6.39. The Bertz CT molecular complexity index is 305. The molecule has 0 bridgehead atoms. The molecule has 1 aromatic rings. The van der Waals surface area contributed by atoms with Crippen LogP contribution in [0.1, 0.15) is 37.8 Å². The van der Waals surface area contributed by atoms with Crippen LogP contribution in [-0.2, 0) is 13.5 Å². The second kappa shape index (κ2) is 4.97. The average Bonchev–Trinajstić information content (AvgIpc) is 2.84. The van der Waals surface area contributed by atoms with Gasteiger partial charge in [0.05, 0.1) is 5.69 Å². The third kappa shape index (κ3) is 2.94. The number of hydrogen-bond acceptors (Lipinski definition) is 2. The summed E-state index contributed by atoms with van der Waals surface area (Å²) in [5.41, 5.74) is 1.06. The lowest BCUT2D eigenvalue weighted by molar-refractivity contribution is 0.491. The van der Waals surface area contributed by atoms with E-state index in [1.807, 2.05) is 13.2 Å². The summed E-state index contributed by atoms with van der Waals surface area (Å²) in [4.78, 5) is 0. The first-order valence-corrected chi connectivity index (χ1v) is 6.18. The van der Waals surface area contributed by atoms with E-state index in [0.717, 1.165) is 24.5 Å². The van der Waals surface area contributed by atoms with Crippen molar-refractivity contribution in [3.05, 3.63) is 11.9 Å². The Hall–Kier alpha value is -0.570. The number of nitrogens with zero attached hydrogens (tertiary/aromatic N) is 3. The highest BCUT2D eigenvalue weighted by molar-refractivity contribution is 6.20. The van der Waals surface area contributed by atoms with E-state index in [0.29, 0.717) is 5.38 Å². The minimum atomic E-state index is 0.328. The van der Waals surface area contributed by atoms with Crippen LogP contribution in [0.5, 0.6) is 0 Å². The molecular weight excluding hydrogens is 210 g/mol. The predicted molar refractivity (Wildman–Crippen MR) is 60.9 cm³/mol. The largest absolute Gasteiger partial charge is 0.255 e. The van der Waals surface area contributed by atoms with Crippen LogP contribution in [0.3, 0.4) is 0 Å². The van der Waals surface area contributed by atoms with Crippen LogP contribution in [0.2, 0.25) is 0 Å². The summed E-state index contributed by atoms with van der Waals surface area (Å²) < 4.78 is 1.74. The molecule has 0 radical (unpaired) electrons. The lowest BCUT2D eigenvalue weighted by Crippen LogP contribution is -2.12. The van der Waals surface area contributed by atoms with Crippen molar-refractivity contribution < 1.29 is 0 Å². The molecule has 0 aromatic carbocycles. The first-order valence-electron chi connectivity index (χ1n) is 5.75. The molecule has 1 unspecified atom stereocenters. The van der Waals surface area contributed by atoms with E-state index in [1.54, 1.807) is 4.68 Å². The molecule has 1 aromatic heterocycles. The molecule has 0 amide bonds. The van der Waals surface area contributed by atoms with Crippen LogP contribution in [-0.4, -0.2) is 20.4 Å². The molecule has 1 saturated carbocycles. The lowest BCUT2D eigenvalue weighted by atomic mass is 9.99. The first-order chi connectivity index (χ1) is 7.25. The van der Waals surface area contributed by atoms with Crippen molar-refractivity contribution in [2.45, 2.75) is 43.9 Å². The van der Waals surface area contributed by atoms with Crippen molar-refractivity contribution in [1.82, 2.24) is 15.0 Å². The van der Waals surface area contributed by atoms with Gasteiger partial charge < -0.3 is 0 Å². The van der Waals surface area contributed by atoms with Gasteiger partial charge >= 0.3 is 0 Å². The highest BCUT2D eigenvalue weighted by Crippen LogP contribution is 2.32. The second-order valence-electron chi connectivity index (χ2n) is 4.48. The van der Waals surface area contributed by atoms with Crippen LogP contribution in [0, 0.1) is 5.92 Å². The van der Waals surface area contributed by atoms with Gasteiger partial charge in [-0.25, -0.2) is 0 Å². The molecule has 15 heavy (non-hydrogen) atoms. The van der Waals surface area contributed by atoms with E-state index in [2.05, 4.69) is 10.3 Å². The zero-order valence-electron chi connectivity index (χ0n) is 9.19. The number of aryl methyl sites for hydroxylation is 2. The molecule has 2 rings (SSSR count). The molecule has 0 aliphatic heterocycles. The van der Waals surface area contributed by atoms with E-state index < -0.39 is 0 Å². The smallest absolute Gasteiger partial charge is 0.0827 e. The minimum Gasteiger partial charge on any atom is -0.255 e. The zero-order valence-corrected chi connectivity index (χ0v) is 9.95. The lowest BCUT2D eigenvalue weighted by Gasteiger charge is -2.15. The van der Waals surface area contributed by atoms with Gasteiger partial charge in [0.2, 0.25) is 0 Å². The van der Waals surface area contributed by atoms with Crippen molar-refractivity contribution >= 4 is 11.6 Å². The van der Waals surface area contributed by atoms with Crippen LogP contribution >= 0.6 is 11.6 Å². The van der Waals surface area contributed by atoms with E-state index >= 15 is 0 Å². The van der Waals surface area contributed by atoms with Gasteiger partial charge in [-0.15, -0.1) is 16.7 Å². The number of alkyl halides is 1. The molecule has 3 nitrogen and oxygen atoms in total. The monoisotopic (exact) mass is 227 g/mol. The van der Waals surface area contributed by atoms with E-state index in [1.165, 1.54) is 25.7 Å². The Kier molecular flexibility index (Phi) is 3.62. The van der Waals surface area contributed by atoms with Gasteiger partial charge in [0.15, 0.2) is 0 Å². The molecule has 1 aliphatic carbocycles. The summed E-state index contributed by atoms with van der Waals surface area (Å²) in [5.74, 6) is 0.739. The van der Waals surface area contributed by atoms with Gasteiger partial charge in [0.25, 0.3) is 0 Å². The second-order valence-corrected chi connectivity index (χ2v) is 5.04. The molecule has 1 fully saturated rings. The molecular formula is C11H18ClN3. The first kappa shape index (κ1) is 10.9. The average molecular weight is 228 g/mol. The maximum Gasteiger partial charge on any atom is 0.0827 e. The molecule has 1 aliphatic rings. The number of halogens is 1. The standard InChI is InChI=1S/C11H18ClN3/c1-15-8-10(13-14-15)6-7-11(12)9-4-2-3-5-9/h8-9,11H,2-7H2,1H3. The van der Waals surface area contributed by atoms with Crippen molar-refractivity contribution in [3.8, 4) is 0 Å². The fraction of sp³-hybridized carbons (Fsp3) is 0.818. The molecule has 84 valence electrons. The van der Waals surface area contributed by atoms with Crippen LogP contribution in [0.15, 0.2) is 6.20 Å². The van der Waals surface area contributed by atoms with Crippen LogP contribution in [0.4, 0.5) is 0 Å². The summed E-state index contributed by atoms with van der Waals surface area (Å²) in [6, 6.07) is 0. The van der Waals surface area contributed by atoms with Crippen molar-refractivity contribution in [2.24, 2.45) is 13.0 Å². The Labute approximate surface area is 95.8 Å². The van der Waals surface area contributed by atoms with Crippen LogP contribution < -0.4 is 0 Å². The van der Waals surface area contributed by atoms with E-state index in [-0.39, 0.29) is 0 Å². The normalized spacial score (nSPS) is 19.6. The fourth-order valence-electron chi connectivity index (χ4n) is 2.35. The topological polar surface area (TPSA) is 30.7 Å². The Morgan fingerprint density at radius 1 is 1.53 bits per heavy atom. The summed E-state index contributed by atoms with van der Waals surface area (Å²) in [6.07, 6.45) is 9.31. The fourth-order valence-corrected chi connectivity index (χ4v) is 2.71. The molecule has 4 heteroatoms. The predicted octanol–water partition coefficient (Wildman–Crippen LogP) is 2.55. The SMILES string of the molecule is Cn1cc(CCC(Cl)C2CCCC2)nn1. The highest BCUT2D eigenvalue weighted by atomic mass is 35.5. The summed E-state index contributed by atoms with van der Waals surface area (Å²) in [5, 5.41) is 8.31. The Morgan fingerprint density at radius 2 is 2.27 bits per heavy atom. The summed E-state index contributed by atoms with van der Waals surface area (Å²) in [6.45, 7) is 0. The Balaban J connectivity index is 1.77. The van der Waals surface area contributed by atoms with Gasteiger partial charge in [-0.1, -0.05) is 18.1 Å². The van der Waals surface area contributed by atoms with E-state index in [4.69, 9.17) is 11.6 Å². The van der Waals surface area contributed by atoms with Crippen molar-refractivity contribution in [2.75, 3.05) is 0 Å². The third-order valence-electron chi connectivity index (χ3n) is 3.24. The number of hydrogen-bond donors (Lipinski definition) is 0. The maximum atomic E-state index is 6.39. The molecule has 1 atom stereocenters. The Morgan fingerprint density at radius 3 is 2.87 bits per heavy atom. The van der Waals surface area contributed by atoms with Gasteiger partial charge in [-0.3, -0.25) is 4.68 Å². The highest BCUT2D eigenvalue weighted by Gasteiger charge is 2.22. The van der Waals surface area contributed by atoms with Crippen LogP contribution in [0.25, 0.3) is 0 Å². The van der Waals surface area contributed by atoms with Crippen molar-refractivity contribution in [3.63, 3.8) is 0 Å². The number of aromatic nitrogens is 3. The van der Waals surface area contributed by atoms with Gasteiger partial charge in [-0.05, 0) is 31.6 Å². The zero-order chi connectivity index (χ0) is 10.7. The molecule has 0 N–H and O–H groups in total. The van der Waals surface area contributed by atoms with Gasteiger partial charge in [0, 0.05) is 18.6 Å². The summed E-state index contributed by atoms with van der Waals surface area (Å²) in [7, 11) is 1.89. The minimum absolute atomic E-state index is 0.328. The van der Waals surface area contributed by atoms with E-state index in [9.17, 15) is 0 Å². The maximum absolute atomic E-state index is 6.39. The molecule has 0 spiro atoms. The van der Waals surface area contributed by atoms with Gasteiger partial charge in [-0.2, -0.15) is 0 Å². The molecule has 0 saturated heterocycles. The molecule has 1 heterocycles.